The molecular weight excluding hydrogens is 361 g/mol. The molecule has 2 heterocycles. The van der Waals surface area contributed by atoms with E-state index in [-0.39, 0.29) is 24.3 Å². The lowest BCUT2D eigenvalue weighted by molar-refractivity contribution is -0.138. The molecule has 3 rings (SSSR count). The molecule has 0 unspecified atom stereocenters. The summed E-state index contributed by atoms with van der Waals surface area (Å²) in [6, 6.07) is 5.23. The third-order valence-corrected chi connectivity index (χ3v) is 3.90. The predicted molar refractivity (Wildman–Crippen MR) is 89.7 cm³/mol. The lowest BCUT2D eigenvalue weighted by atomic mass is 10.1. The third-order valence-electron chi connectivity index (χ3n) is 3.90. The van der Waals surface area contributed by atoms with Gasteiger partial charge < -0.3 is 9.88 Å². The summed E-state index contributed by atoms with van der Waals surface area (Å²) in [5.74, 6) is 0.217. The number of hydrogen-bond donors (Lipinski definition) is 1. The van der Waals surface area contributed by atoms with Crippen molar-refractivity contribution in [1.29, 1.82) is 0 Å². The van der Waals surface area contributed by atoms with Crippen LogP contribution >= 0.6 is 0 Å². The molecule has 0 aliphatic rings. The van der Waals surface area contributed by atoms with E-state index in [1.807, 2.05) is 6.92 Å². The van der Waals surface area contributed by atoms with Crippen molar-refractivity contribution >= 4 is 5.91 Å². The minimum atomic E-state index is -4.46. The highest BCUT2D eigenvalue weighted by Crippen LogP contribution is 2.32. The van der Waals surface area contributed by atoms with E-state index in [1.165, 1.54) is 34.0 Å². The summed E-state index contributed by atoms with van der Waals surface area (Å²) >= 11 is 0. The number of H-pyrrole nitrogens is 1. The number of benzene rings is 1. The fraction of sp³-hybridized carbons (Fsp3) is 0.294. The third kappa shape index (κ3) is 4.33. The zero-order valence-electron chi connectivity index (χ0n) is 14.7. The van der Waals surface area contributed by atoms with E-state index in [2.05, 4.69) is 20.3 Å². The molecule has 7 nitrogen and oxygen atoms in total. The average molecular weight is 378 g/mol. The molecule has 0 aliphatic carbocycles. The van der Waals surface area contributed by atoms with Gasteiger partial charge in [0.25, 0.3) is 5.91 Å². The standard InChI is InChI=1S/C17H17F3N6O/c1-11-7-21-15(22-11)10-25(2)16(27)14-9-26(24-23-14)8-12-5-3-4-6-13(12)17(18,19)20/h3-7,9H,8,10H2,1-2H3,(H,21,22). The Morgan fingerprint density at radius 1 is 1.30 bits per heavy atom. The van der Waals surface area contributed by atoms with Crippen LogP contribution < -0.4 is 0 Å². The summed E-state index contributed by atoms with van der Waals surface area (Å²) < 4.78 is 40.5. The van der Waals surface area contributed by atoms with Crippen LogP contribution in [0.3, 0.4) is 0 Å². The van der Waals surface area contributed by atoms with E-state index < -0.39 is 17.6 Å². The Balaban J connectivity index is 1.72. The molecule has 10 heteroatoms. The van der Waals surface area contributed by atoms with Crippen molar-refractivity contribution < 1.29 is 18.0 Å². The Hall–Kier alpha value is -3.17. The van der Waals surface area contributed by atoms with E-state index in [1.54, 1.807) is 13.2 Å². The van der Waals surface area contributed by atoms with Gasteiger partial charge in [0.15, 0.2) is 5.69 Å². The summed E-state index contributed by atoms with van der Waals surface area (Å²) in [5, 5.41) is 7.56. The van der Waals surface area contributed by atoms with Gasteiger partial charge in [-0.25, -0.2) is 9.67 Å². The first kappa shape index (κ1) is 18.6. The second kappa shape index (κ2) is 7.22. The summed E-state index contributed by atoms with van der Waals surface area (Å²) in [5.41, 5.74) is 0.234. The summed E-state index contributed by atoms with van der Waals surface area (Å²) in [7, 11) is 1.58. The molecular formula is C17H17F3N6O. The van der Waals surface area contributed by atoms with Crippen molar-refractivity contribution in [3.05, 3.63) is 65.0 Å². The fourth-order valence-corrected chi connectivity index (χ4v) is 2.62. The van der Waals surface area contributed by atoms with Crippen molar-refractivity contribution in [3.63, 3.8) is 0 Å². The van der Waals surface area contributed by atoms with Crippen LogP contribution in [-0.4, -0.2) is 42.8 Å². The molecule has 142 valence electrons. The van der Waals surface area contributed by atoms with Crippen LogP contribution in [0.15, 0.2) is 36.7 Å². The van der Waals surface area contributed by atoms with Crippen LogP contribution in [0, 0.1) is 6.92 Å². The van der Waals surface area contributed by atoms with Crippen LogP contribution in [0.25, 0.3) is 0 Å². The first-order valence-corrected chi connectivity index (χ1v) is 8.05. The van der Waals surface area contributed by atoms with Crippen LogP contribution in [-0.2, 0) is 19.3 Å². The van der Waals surface area contributed by atoms with Crippen molar-refractivity contribution in [2.24, 2.45) is 0 Å². The monoisotopic (exact) mass is 378 g/mol. The number of carbonyl (C=O) groups excluding carboxylic acids is 1. The Kier molecular flexibility index (Phi) is 4.98. The van der Waals surface area contributed by atoms with E-state index in [0.29, 0.717) is 5.82 Å². The van der Waals surface area contributed by atoms with Crippen LogP contribution in [0.1, 0.15) is 33.1 Å². The fourth-order valence-electron chi connectivity index (χ4n) is 2.62. The van der Waals surface area contributed by atoms with Gasteiger partial charge in [0.05, 0.1) is 24.8 Å². The number of aromatic nitrogens is 5. The molecule has 3 aromatic rings. The maximum absolute atomic E-state index is 13.1. The highest BCUT2D eigenvalue weighted by atomic mass is 19.4. The second-order valence-electron chi connectivity index (χ2n) is 6.13. The number of nitrogens with one attached hydrogen (secondary N) is 1. The van der Waals surface area contributed by atoms with Gasteiger partial charge in [-0.1, -0.05) is 23.4 Å². The molecule has 0 aliphatic heterocycles. The zero-order chi connectivity index (χ0) is 19.6. The smallest absolute Gasteiger partial charge is 0.345 e. The molecule has 1 aromatic carbocycles. The maximum Gasteiger partial charge on any atom is 0.416 e. The van der Waals surface area contributed by atoms with Crippen molar-refractivity contribution in [1.82, 2.24) is 29.9 Å². The zero-order valence-corrected chi connectivity index (χ0v) is 14.7. The van der Waals surface area contributed by atoms with Crippen LogP contribution in [0.4, 0.5) is 13.2 Å². The number of aromatic amines is 1. The highest BCUT2D eigenvalue weighted by Gasteiger charge is 2.33. The van der Waals surface area contributed by atoms with Gasteiger partial charge in [0.2, 0.25) is 0 Å². The lowest BCUT2D eigenvalue weighted by Gasteiger charge is -2.13. The van der Waals surface area contributed by atoms with Crippen molar-refractivity contribution in [3.8, 4) is 0 Å². The minimum Gasteiger partial charge on any atom is -0.345 e. The van der Waals surface area contributed by atoms with Gasteiger partial charge in [0, 0.05) is 18.9 Å². The predicted octanol–water partition coefficient (Wildman–Crippen LogP) is 2.65. The summed E-state index contributed by atoms with van der Waals surface area (Å²) in [4.78, 5) is 21.0. The van der Waals surface area contributed by atoms with Crippen molar-refractivity contribution in [2.45, 2.75) is 26.2 Å². The molecule has 0 saturated carbocycles. The van der Waals surface area contributed by atoms with Crippen LogP contribution in [0.2, 0.25) is 0 Å². The molecule has 0 bridgehead atoms. The van der Waals surface area contributed by atoms with Gasteiger partial charge in [-0.05, 0) is 18.6 Å². The topological polar surface area (TPSA) is 79.7 Å². The molecule has 0 fully saturated rings. The SMILES string of the molecule is Cc1cnc(CN(C)C(=O)c2cn(Cc3ccccc3C(F)(F)F)nn2)[nH]1. The average Bonchev–Trinajstić information content (AvgIpc) is 3.23. The normalized spacial score (nSPS) is 11.6. The van der Waals surface area contributed by atoms with E-state index >= 15 is 0 Å². The number of alkyl halides is 3. The van der Waals surface area contributed by atoms with Crippen LogP contribution in [0.5, 0.6) is 0 Å². The summed E-state index contributed by atoms with van der Waals surface area (Å²) in [6.45, 7) is 1.95. The number of hydrogen-bond acceptors (Lipinski definition) is 4. The van der Waals surface area contributed by atoms with E-state index in [9.17, 15) is 18.0 Å². The molecule has 0 saturated heterocycles. The Labute approximate surface area is 152 Å². The van der Waals surface area contributed by atoms with Gasteiger partial charge in [-0.15, -0.1) is 5.10 Å². The Bertz CT molecular complexity index is 946. The van der Waals surface area contributed by atoms with E-state index in [4.69, 9.17) is 0 Å². The molecule has 1 amide bonds. The van der Waals surface area contributed by atoms with Gasteiger partial charge in [-0.3, -0.25) is 4.79 Å². The number of halogens is 3. The molecule has 27 heavy (non-hydrogen) atoms. The highest BCUT2D eigenvalue weighted by molar-refractivity contribution is 5.91. The first-order chi connectivity index (χ1) is 12.7. The quantitative estimate of drug-likeness (QED) is 0.740. The molecule has 0 spiro atoms. The molecule has 0 atom stereocenters. The second-order valence-corrected chi connectivity index (χ2v) is 6.13. The Morgan fingerprint density at radius 3 is 2.70 bits per heavy atom. The number of nitrogens with zero attached hydrogens (tertiary/aromatic N) is 5. The molecule has 0 radical (unpaired) electrons. The van der Waals surface area contributed by atoms with Gasteiger partial charge in [0.1, 0.15) is 5.82 Å². The largest absolute Gasteiger partial charge is 0.416 e. The maximum atomic E-state index is 13.1. The summed E-state index contributed by atoms with van der Waals surface area (Å²) in [6.07, 6.45) is -1.47. The number of rotatable bonds is 5. The first-order valence-electron chi connectivity index (χ1n) is 8.05. The number of amides is 1. The Morgan fingerprint density at radius 2 is 2.04 bits per heavy atom. The van der Waals surface area contributed by atoms with Gasteiger partial charge in [-0.2, -0.15) is 13.2 Å². The number of imidazole rings is 1. The minimum absolute atomic E-state index is 0.0465. The molecule has 2 aromatic heterocycles. The number of aryl methyl sites for hydroxylation is 1. The van der Waals surface area contributed by atoms with Gasteiger partial charge >= 0.3 is 6.18 Å². The van der Waals surface area contributed by atoms with Crippen molar-refractivity contribution in [2.75, 3.05) is 7.05 Å². The molecule has 1 N–H and O–H groups in total. The number of carbonyl (C=O) groups is 1. The van der Waals surface area contributed by atoms with E-state index in [0.717, 1.165) is 11.8 Å². The lowest BCUT2D eigenvalue weighted by Crippen LogP contribution is -2.27.